The van der Waals surface area contributed by atoms with Gasteiger partial charge in [0.2, 0.25) is 22.3 Å². The van der Waals surface area contributed by atoms with Crippen LogP contribution >= 0.6 is 34.4 Å². The first kappa shape index (κ1) is 28.3. The molecule has 4 rings (SSSR count). The number of nitrogens with zero attached hydrogens (tertiary/aromatic N) is 4. The standard InChI is InChI=1S/C26H26N6O4S3/c1-17(33)36-23(19-10-6-3-7-11-19)24(35)28-26-32-30-22(39-26)13-15-37-14-12-21-29-31-25(38-21)27-20(34)16-18-8-4-2-5-9-18/h2-11,23H,12-16H2,1H3,(H,27,31,34)(H,28,32,35)/t23-/m0/s1. The van der Waals surface area contributed by atoms with E-state index in [1.54, 1.807) is 36.0 Å². The van der Waals surface area contributed by atoms with E-state index in [9.17, 15) is 14.4 Å². The van der Waals surface area contributed by atoms with Crippen LogP contribution in [0.4, 0.5) is 10.3 Å². The van der Waals surface area contributed by atoms with Gasteiger partial charge < -0.3 is 10.1 Å². The van der Waals surface area contributed by atoms with Crippen LogP contribution in [0.1, 0.15) is 34.2 Å². The molecule has 2 aromatic carbocycles. The summed E-state index contributed by atoms with van der Waals surface area (Å²) in [6.07, 6.45) is 0.666. The second kappa shape index (κ2) is 14.5. The summed E-state index contributed by atoms with van der Waals surface area (Å²) in [5.41, 5.74) is 1.52. The Morgan fingerprint density at radius 1 is 0.821 bits per heavy atom. The summed E-state index contributed by atoms with van der Waals surface area (Å²) in [7, 11) is 0. The minimum Gasteiger partial charge on any atom is -0.447 e. The lowest BCUT2D eigenvalue weighted by Gasteiger charge is -2.15. The quantitative estimate of drug-likeness (QED) is 0.174. The van der Waals surface area contributed by atoms with Crippen molar-refractivity contribution in [1.29, 1.82) is 0 Å². The van der Waals surface area contributed by atoms with Crippen LogP contribution in [-0.4, -0.2) is 49.7 Å². The highest BCUT2D eigenvalue weighted by atomic mass is 32.2. The number of amides is 2. The van der Waals surface area contributed by atoms with Crippen molar-refractivity contribution in [2.75, 3.05) is 22.1 Å². The predicted octanol–water partition coefficient (Wildman–Crippen LogP) is 4.33. The third kappa shape index (κ3) is 9.23. The van der Waals surface area contributed by atoms with E-state index < -0.39 is 18.0 Å². The second-order valence-electron chi connectivity index (χ2n) is 8.21. The van der Waals surface area contributed by atoms with Gasteiger partial charge in [0.1, 0.15) is 10.0 Å². The topological polar surface area (TPSA) is 136 Å². The summed E-state index contributed by atoms with van der Waals surface area (Å²) < 4.78 is 5.22. The highest BCUT2D eigenvalue weighted by Gasteiger charge is 2.25. The molecule has 0 aliphatic rings. The highest BCUT2D eigenvalue weighted by Crippen LogP contribution is 2.23. The van der Waals surface area contributed by atoms with Gasteiger partial charge >= 0.3 is 5.97 Å². The van der Waals surface area contributed by atoms with Crippen LogP contribution in [0.3, 0.4) is 0 Å². The van der Waals surface area contributed by atoms with Crippen molar-refractivity contribution in [2.24, 2.45) is 0 Å². The first-order valence-electron chi connectivity index (χ1n) is 12.1. The van der Waals surface area contributed by atoms with Crippen molar-refractivity contribution in [3.8, 4) is 0 Å². The zero-order valence-electron chi connectivity index (χ0n) is 21.0. The maximum absolute atomic E-state index is 12.7. The van der Waals surface area contributed by atoms with Crippen LogP contribution in [0, 0.1) is 0 Å². The Hall–Kier alpha value is -3.68. The molecular formula is C26H26N6O4S3. The molecule has 4 aromatic rings. The van der Waals surface area contributed by atoms with Crippen molar-refractivity contribution in [1.82, 2.24) is 20.4 Å². The SMILES string of the molecule is CC(=O)O[C@H](C(=O)Nc1nnc(CCSCCc2nnc(NC(=O)Cc3ccccc3)s2)s1)c1ccccc1. The molecule has 0 radical (unpaired) electrons. The van der Waals surface area contributed by atoms with Gasteiger partial charge in [-0.2, -0.15) is 11.8 Å². The van der Waals surface area contributed by atoms with Gasteiger partial charge in [0.15, 0.2) is 0 Å². The van der Waals surface area contributed by atoms with Gasteiger partial charge in [0.25, 0.3) is 5.91 Å². The number of carbonyl (C=O) groups excluding carboxylic acids is 3. The van der Waals surface area contributed by atoms with E-state index in [0.29, 0.717) is 28.7 Å². The zero-order valence-corrected chi connectivity index (χ0v) is 23.5. The fourth-order valence-corrected chi connectivity index (χ4v) is 6.05. The van der Waals surface area contributed by atoms with E-state index in [1.165, 1.54) is 29.6 Å². The van der Waals surface area contributed by atoms with E-state index in [-0.39, 0.29) is 5.91 Å². The number of anilines is 2. The van der Waals surface area contributed by atoms with Crippen molar-refractivity contribution < 1.29 is 19.1 Å². The van der Waals surface area contributed by atoms with Crippen LogP contribution in [-0.2, 0) is 38.4 Å². The van der Waals surface area contributed by atoms with E-state index in [2.05, 4.69) is 31.0 Å². The fourth-order valence-electron chi connectivity index (χ4n) is 3.41. The van der Waals surface area contributed by atoms with Gasteiger partial charge in [-0.05, 0) is 17.1 Å². The summed E-state index contributed by atoms with van der Waals surface area (Å²) in [6, 6.07) is 18.4. The Labute approximate surface area is 237 Å². The molecule has 10 nitrogen and oxygen atoms in total. The molecule has 2 N–H and O–H groups in total. The zero-order chi connectivity index (χ0) is 27.5. The monoisotopic (exact) mass is 582 g/mol. The van der Waals surface area contributed by atoms with Crippen molar-refractivity contribution in [3.05, 3.63) is 81.8 Å². The molecule has 0 unspecified atom stereocenters. The van der Waals surface area contributed by atoms with Crippen molar-refractivity contribution in [3.63, 3.8) is 0 Å². The molecule has 2 heterocycles. The molecule has 0 bridgehead atoms. The molecule has 2 amide bonds. The van der Waals surface area contributed by atoms with E-state index in [1.807, 2.05) is 36.4 Å². The molecule has 1 atom stereocenters. The van der Waals surface area contributed by atoms with E-state index >= 15 is 0 Å². The van der Waals surface area contributed by atoms with Gasteiger partial charge in [0, 0.05) is 25.3 Å². The first-order chi connectivity index (χ1) is 19.0. The molecule has 0 saturated carbocycles. The molecule has 202 valence electrons. The number of aryl methyl sites for hydroxylation is 2. The number of carbonyl (C=O) groups is 3. The van der Waals surface area contributed by atoms with Crippen molar-refractivity contribution >= 4 is 62.5 Å². The van der Waals surface area contributed by atoms with E-state index in [0.717, 1.165) is 33.5 Å². The Bertz CT molecular complexity index is 1380. The average Bonchev–Trinajstić information content (AvgIpc) is 3.57. The third-order valence-corrected chi connectivity index (χ3v) is 7.95. The number of ether oxygens (including phenoxy) is 1. The Morgan fingerprint density at radius 2 is 1.38 bits per heavy atom. The smallest absolute Gasteiger partial charge is 0.303 e. The second-order valence-corrected chi connectivity index (χ2v) is 11.6. The first-order valence-corrected chi connectivity index (χ1v) is 14.8. The Morgan fingerprint density at radius 3 is 1.97 bits per heavy atom. The molecule has 39 heavy (non-hydrogen) atoms. The maximum atomic E-state index is 12.7. The molecule has 0 aliphatic heterocycles. The molecule has 0 saturated heterocycles. The molecule has 0 fully saturated rings. The Kier molecular flexibility index (Phi) is 10.5. The number of benzene rings is 2. The van der Waals surface area contributed by atoms with Crippen LogP contribution in [0.5, 0.6) is 0 Å². The summed E-state index contributed by atoms with van der Waals surface area (Å²) in [5, 5.41) is 24.4. The number of rotatable bonds is 13. The summed E-state index contributed by atoms with van der Waals surface area (Å²) in [6.45, 7) is 1.26. The summed E-state index contributed by atoms with van der Waals surface area (Å²) >= 11 is 4.41. The Balaban J connectivity index is 1.16. The number of nitrogens with one attached hydrogen (secondary N) is 2. The van der Waals surface area contributed by atoms with Gasteiger partial charge in [-0.3, -0.25) is 19.7 Å². The van der Waals surface area contributed by atoms with Crippen molar-refractivity contribution in [2.45, 2.75) is 32.3 Å². The van der Waals surface area contributed by atoms with Gasteiger partial charge in [-0.1, -0.05) is 83.3 Å². The van der Waals surface area contributed by atoms with Gasteiger partial charge in [0.05, 0.1) is 6.42 Å². The lowest BCUT2D eigenvalue weighted by atomic mass is 10.1. The number of aromatic nitrogens is 4. The summed E-state index contributed by atoms with van der Waals surface area (Å²) in [4.78, 5) is 36.4. The summed E-state index contributed by atoms with van der Waals surface area (Å²) in [5.74, 6) is 0.513. The van der Waals surface area contributed by atoms with Crippen LogP contribution < -0.4 is 10.6 Å². The minimum atomic E-state index is -1.07. The fraction of sp³-hybridized carbons (Fsp3) is 0.269. The third-order valence-electron chi connectivity index (χ3n) is 5.16. The van der Waals surface area contributed by atoms with E-state index in [4.69, 9.17) is 4.74 Å². The number of thioether (sulfide) groups is 1. The molecule has 0 spiro atoms. The number of hydrogen-bond donors (Lipinski definition) is 2. The normalized spacial score (nSPS) is 11.5. The lowest BCUT2D eigenvalue weighted by Crippen LogP contribution is -2.25. The predicted molar refractivity (Wildman–Crippen MR) is 153 cm³/mol. The molecule has 0 aliphatic carbocycles. The van der Waals surface area contributed by atoms with Gasteiger partial charge in [-0.15, -0.1) is 20.4 Å². The van der Waals surface area contributed by atoms with Crippen LogP contribution in [0.15, 0.2) is 60.7 Å². The molecular weight excluding hydrogens is 557 g/mol. The minimum absolute atomic E-state index is 0.118. The largest absolute Gasteiger partial charge is 0.447 e. The van der Waals surface area contributed by atoms with Crippen LogP contribution in [0.2, 0.25) is 0 Å². The van der Waals surface area contributed by atoms with Gasteiger partial charge in [-0.25, -0.2) is 0 Å². The average molecular weight is 583 g/mol. The molecule has 13 heteroatoms. The number of esters is 1. The van der Waals surface area contributed by atoms with Crippen LogP contribution in [0.25, 0.3) is 0 Å². The molecule has 2 aromatic heterocycles. The highest BCUT2D eigenvalue weighted by molar-refractivity contribution is 7.99. The maximum Gasteiger partial charge on any atom is 0.303 e. The lowest BCUT2D eigenvalue weighted by molar-refractivity contribution is -0.152. The number of hydrogen-bond acceptors (Lipinski definition) is 11.